The van der Waals surface area contributed by atoms with Crippen LogP contribution in [0.5, 0.6) is 0 Å². The van der Waals surface area contributed by atoms with Gasteiger partial charge in [-0.15, -0.1) is 0 Å². The topological polar surface area (TPSA) is 108 Å². The second kappa shape index (κ2) is 16.4. The highest BCUT2D eigenvalue weighted by molar-refractivity contribution is 5.93. The van der Waals surface area contributed by atoms with Crippen molar-refractivity contribution in [2.45, 2.75) is 37.5 Å². The summed E-state index contributed by atoms with van der Waals surface area (Å²) in [5, 5.41) is 15.5. The number of nitrogens with zero attached hydrogens (tertiary/aromatic N) is 1. The van der Waals surface area contributed by atoms with E-state index in [4.69, 9.17) is 4.74 Å². The summed E-state index contributed by atoms with van der Waals surface area (Å²) in [5.74, 6) is -7.30. The van der Waals surface area contributed by atoms with Crippen LogP contribution in [0, 0.1) is 0 Å². The average Bonchev–Trinajstić information content (AvgIpc) is 3.09. The van der Waals surface area contributed by atoms with Crippen molar-refractivity contribution in [1.29, 1.82) is 0 Å². The average molecular weight is 630 g/mol. The lowest BCUT2D eigenvalue weighted by Crippen LogP contribution is -2.54. The second-order valence-electron chi connectivity index (χ2n) is 10.5. The molecule has 4 rings (SSSR count). The summed E-state index contributed by atoms with van der Waals surface area (Å²) in [6, 6.07) is 28.6. The molecule has 0 fully saturated rings. The van der Waals surface area contributed by atoms with Crippen molar-refractivity contribution < 1.29 is 33.0 Å². The molecule has 2 amide bonds. The molecule has 3 N–H and O–H groups in total. The summed E-state index contributed by atoms with van der Waals surface area (Å²) in [4.78, 5) is 41.0. The first-order chi connectivity index (χ1) is 22.3. The van der Waals surface area contributed by atoms with Gasteiger partial charge in [0.05, 0.1) is 19.3 Å². The van der Waals surface area contributed by atoms with E-state index in [2.05, 4.69) is 10.6 Å². The second-order valence-corrected chi connectivity index (χ2v) is 10.5. The predicted molar refractivity (Wildman–Crippen MR) is 169 cm³/mol. The van der Waals surface area contributed by atoms with Crippen molar-refractivity contribution >= 4 is 17.8 Å². The number of carbonyl (C=O) groups is 3. The van der Waals surface area contributed by atoms with Crippen LogP contribution in [0.15, 0.2) is 121 Å². The lowest BCUT2D eigenvalue weighted by Gasteiger charge is -2.37. The van der Waals surface area contributed by atoms with Crippen LogP contribution in [0.2, 0.25) is 0 Å². The standard InChI is InChI=1S/C36H37F2N3O5/c1-2-46-31(43)23-39-34(44)32(28-19-11-5-12-20-28)41(24-26-15-7-3-8-16-26)35(45)36(37,38)33(29-21-13-6-14-22-29)40-30(25-42)27-17-9-4-10-18-27/h3-22,30,32-33,40,42H,2,23-25H2,1H3,(H,39,44)/t30-,32-,33-/m0/s1. The molecule has 0 radical (unpaired) electrons. The molecule has 0 heterocycles. The van der Waals surface area contributed by atoms with Crippen molar-refractivity contribution in [2.75, 3.05) is 19.8 Å². The summed E-state index contributed by atoms with van der Waals surface area (Å²) >= 11 is 0. The van der Waals surface area contributed by atoms with Crippen LogP contribution >= 0.6 is 0 Å². The normalized spacial score (nSPS) is 13.2. The molecule has 0 aromatic heterocycles. The largest absolute Gasteiger partial charge is 0.465 e. The first-order valence-electron chi connectivity index (χ1n) is 14.9. The fourth-order valence-electron chi connectivity index (χ4n) is 5.15. The molecule has 4 aromatic rings. The van der Waals surface area contributed by atoms with Gasteiger partial charge in [0.25, 0.3) is 5.91 Å². The fourth-order valence-corrected chi connectivity index (χ4v) is 5.15. The smallest absolute Gasteiger partial charge is 0.343 e. The molecule has 0 aliphatic heterocycles. The molecule has 8 nitrogen and oxygen atoms in total. The Morgan fingerprint density at radius 2 is 1.28 bits per heavy atom. The highest BCUT2D eigenvalue weighted by Crippen LogP contribution is 2.38. The highest BCUT2D eigenvalue weighted by atomic mass is 19.3. The third-order valence-electron chi connectivity index (χ3n) is 7.38. The molecule has 0 spiro atoms. The maximum absolute atomic E-state index is 16.9. The monoisotopic (exact) mass is 629 g/mol. The number of halogens is 2. The Kier molecular flexibility index (Phi) is 12.1. The SMILES string of the molecule is CCOC(=O)CNC(=O)[C@H](c1ccccc1)N(Cc1ccccc1)C(=O)C(F)(F)[C@@H](N[C@@H](CO)c1ccccc1)c1ccccc1. The van der Waals surface area contributed by atoms with Crippen LogP contribution in [-0.2, 0) is 25.7 Å². The van der Waals surface area contributed by atoms with Crippen molar-refractivity contribution in [3.8, 4) is 0 Å². The summed E-state index contributed by atoms with van der Waals surface area (Å²) in [6.45, 7) is 0.335. The summed E-state index contributed by atoms with van der Waals surface area (Å²) in [7, 11) is 0. The number of aliphatic hydroxyl groups is 1. The summed E-state index contributed by atoms with van der Waals surface area (Å²) < 4.78 is 38.8. The van der Waals surface area contributed by atoms with E-state index in [9.17, 15) is 19.5 Å². The maximum Gasteiger partial charge on any atom is 0.343 e. The van der Waals surface area contributed by atoms with Crippen LogP contribution in [0.25, 0.3) is 0 Å². The van der Waals surface area contributed by atoms with E-state index in [0.29, 0.717) is 11.1 Å². The van der Waals surface area contributed by atoms with E-state index in [1.807, 2.05) is 0 Å². The van der Waals surface area contributed by atoms with Crippen LogP contribution < -0.4 is 10.6 Å². The molecule has 0 saturated heterocycles. The number of rotatable bonds is 15. The van der Waals surface area contributed by atoms with Crippen molar-refractivity contribution in [1.82, 2.24) is 15.5 Å². The minimum absolute atomic E-state index is 0.0906. The number of ether oxygens (including phenoxy) is 1. The lowest BCUT2D eigenvalue weighted by molar-refractivity contribution is -0.168. The number of nitrogens with one attached hydrogen (secondary N) is 2. The van der Waals surface area contributed by atoms with Crippen LogP contribution in [0.1, 0.15) is 47.3 Å². The van der Waals surface area contributed by atoms with Gasteiger partial charge in [0, 0.05) is 6.54 Å². The van der Waals surface area contributed by atoms with Gasteiger partial charge < -0.3 is 20.1 Å². The first-order valence-corrected chi connectivity index (χ1v) is 14.9. The maximum atomic E-state index is 16.9. The Hall–Kier alpha value is -4.93. The Balaban J connectivity index is 1.80. The van der Waals surface area contributed by atoms with E-state index in [-0.39, 0.29) is 24.3 Å². The van der Waals surface area contributed by atoms with Crippen LogP contribution in [-0.4, -0.2) is 53.5 Å². The number of benzene rings is 4. The van der Waals surface area contributed by atoms with Crippen LogP contribution in [0.4, 0.5) is 8.78 Å². The zero-order valence-electron chi connectivity index (χ0n) is 25.4. The highest BCUT2D eigenvalue weighted by Gasteiger charge is 2.53. The molecule has 3 atom stereocenters. The molecule has 0 bridgehead atoms. The van der Waals surface area contributed by atoms with E-state index < -0.39 is 55.0 Å². The molecule has 240 valence electrons. The van der Waals surface area contributed by atoms with Gasteiger partial charge in [-0.05, 0) is 29.2 Å². The Morgan fingerprint density at radius 3 is 1.80 bits per heavy atom. The molecule has 4 aromatic carbocycles. The number of hydrogen-bond acceptors (Lipinski definition) is 6. The van der Waals surface area contributed by atoms with E-state index >= 15 is 8.78 Å². The zero-order valence-corrected chi connectivity index (χ0v) is 25.4. The fraction of sp³-hybridized carbons (Fsp3) is 0.250. The number of hydrogen-bond donors (Lipinski definition) is 3. The third-order valence-corrected chi connectivity index (χ3v) is 7.38. The van der Waals surface area contributed by atoms with E-state index in [1.54, 1.807) is 116 Å². The molecule has 0 aliphatic carbocycles. The zero-order chi connectivity index (χ0) is 32.9. The Labute approximate surface area is 267 Å². The quantitative estimate of drug-likeness (QED) is 0.157. The molecular formula is C36H37F2N3O5. The van der Waals surface area contributed by atoms with E-state index in [0.717, 1.165) is 4.90 Å². The van der Waals surface area contributed by atoms with Gasteiger partial charge in [-0.25, -0.2) is 0 Å². The number of alkyl halides is 2. The molecule has 0 saturated carbocycles. The minimum atomic E-state index is -4.13. The van der Waals surface area contributed by atoms with Gasteiger partial charge in [0.1, 0.15) is 18.6 Å². The molecular weight excluding hydrogens is 592 g/mol. The van der Waals surface area contributed by atoms with Crippen molar-refractivity contribution in [3.63, 3.8) is 0 Å². The van der Waals surface area contributed by atoms with Crippen LogP contribution in [0.3, 0.4) is 0 Å². The predicted octanol–water partition coefficient (Wildman–Crippen LogP) is 5.14. The number of amides is 2. The Morgan fingerprint density at radius 1 is 0.783 bits per heavy atom. The summed E-state index contributed by atoms with van der Waals surface area (Å²) in [5.41, 5.74) is 1.44. The lowest BCUT2D eigenvalue weighted by atomic mass is 9.95. The molecule has 0 unspecified atom stereocenters. The first kappa shape index (κ1) is 34.0. The van der Waals surface area contributed by atoms with Crippen molar-refractivity contribution in [3.05, 3.63) is 144 Å². The number of aliphatic hydroxyl groups excluding tert-OH is 1. The Bertz CT molecular complexity index is 1540. The molecule has 46 heavy (non-hydrogen) atoms. The number of esters is 1. The van der Waals surface area contributed by atoms with Gasteiger partial charge >= 0.3 is 11.9 Å². The third kappa shape index (κ3) is 8.62. The molecule has 0 aliphatic rings. The van der Waals surface area contributed by atoms with Gasteiger partial charge in [-0.3, -0.25) is 19.7 Å². The summed E-state index contributed by atoms with van der Waals surface area (Å²) in [6.07, 6.45) is 0. The molecule has 10 heteroatoms. The number of carbonyl (C=O) groups excluding carboxylic acids is 3. The van der Waals surface area contributed by atoms with Gasteiger partial charge in [-0.2, -0.15) is 8.78 Å². The minimum Gasteiger partial charge on any atom is -0.465 e. The van der Waals surface area contributed by atoms with Gasteiger partial charge in [-0.1, -0.05) is 121 Å². The van der Waals surface area contributed by atoms with Crippen molar-refractivity contribution in [2.24, 2.45) is 0 Å². The van der Waals surface area contributed by atoms with Gasteiger partial charge in [0.2, 0.25) is 5.91 Å². The van der Waals surface area contributed by atoms with Gasteiger partial charge in [0.15, 0.2) is 0 Å². The van der Waals surface area contributed by atoms with E-state index in [1.165, 1.54) is 12.1 Å².